The number of carbonyl (C=O) groups is 2. The van der Waals surface area contributed by atoms with E-state index in [4.69, 9.17) is 48.7 Å². The SMILES string of the molecule is C.CC1(C)C(NC(=O)c2ccc(Br)c(S(=O)(=O)N3CCOCC3)c2)[C@@]2(C)CC[C@@H]1C2.COc1cc(CN)cc(OC)c1OC.COc1cc(CNc2ccc(C(=O)NC3C(C)(C)[C@@H]4CC[C@@]3(C)C4)cc2S(=O)(=O)N2CCOCC2)cc(OC)c1OC.C[O-].[K+]. The number of hydrogen-bond acceptors (Lipinski definition) is 17. The normalized spacial score (nSPS) is 23.8. The number of halogens is 1. The fraction of sp³-hybridized carbons (Fsp3) is 0.594. The van der Waals surface area contributed by atoms with Crippen LogP contribution in [0.2, 0.25) is 0 Å². The van der Waals surface area contributed by atoms with Crippen molar-refractivity contribution in [1.29, 1.82) is 0 Å². The molecule has 10 rings (SSSR count). The number of fused-ring (bicyclic) bond motifs is 4. The second-order valence-corrected chi connectivity index (χ2v) is 29.3. The molecule has 2 heterocycles. The minimum atomic E-state index is -3.92. The molecule has 6 fully saturated rings. The third-order valence-electron chi connectivity index (χ3n) is 18.9. The Kier molecular flexibility index (Phi) is 27.2. The number of nitrogens with two attached hydrogens (primary N) is 1. The molecule has 0 spiro atoms. The third-order valence-corrected chi connectivity index (χ3v) is 23.7. The maximum atomic E-state index is 13.9. The molecule has 89 heavy (non-hydrogen) atoms. The molecule has 4 aliphatic carbocycles. The number of sulfonamides is 2. The van der Waals surface area contributed by atoms with Gasteiger partial charge in [-0.25, -0.2) is 16.8 Å². The monoisotopic (exact) mass is 1370 g/mol. The van der Waals surface area contributed by atoms with Gasteiger partial charge in [0.2, 0.25) is 31.5 Å². The van der Waals surface area contributed by atoms with Crippen LogP contribution in [0.5, 0.6) is 34.5 Å². The second kappa shape index (κ2) is 31.9. The molecule has 21 nitrogen and oxygen atoms in total. The quantitative estimate of drug-likeness (QED) is 0.0897. The molecule has 0 radical (unpaired) electrons. The van der Waals surface area contributed by atoms with Crippen LogP contribution in [0, 0.1) is 33.5 Å². The summed E-state index contributed by atoms with van der Waals surface area (Å²) >= 11 is 3.35. The first kappa shape index (κ1) is 75.9. The maximum Gasteiger partial charge on any atom is 1.00 e. The van der Waals surface area contributed by atoms with E-state index in [-0.39, 0.29) is 134 Å². The van der Waals surface area contributed by atoms with Gasteiger partial charge in [0.25, 0.3) is 11.8 Å². The number of morpholine rings is 2. The number of nitrogens with one attached hydrogen (secondary N) is 3. The average molecular weight is 1370 g/mol. The smallest absolute Gasteiger partial charge is 0.857 e. The number of benzene rings is 4. The van der Waals surface area contributed by atoms with Crippen LogP contribution in [-0.4, -0.2) is 152 Å². The number of amides is 2. The summed E-state index contributed by atoms with van der Waals surface area (Å²) in [5.41, 5.74) is 8.56. The summed E-state index contributed by atoms with van der Waals surface area (Å²) in [4.78, 5) is 27.0. The van der Waals surface area contributed by atoms with E-state index in [9.17, 15) is 26.4 Å². The van der Waals surface area contributed by atoms with Crippen LogP contribution >= 0.6 is 15.9 Å². The van der Waals surface area contributed by atoms with E-state index in [2.05, 4.69) is 73.4 Å². The van der Waals surface area contributed by atoms with E-state index in [0.29, 0.717) is 114 Å². The average Bonchev–Trinajstić information content (AvgIpc) is 1.60. The van der Waals surface area contributed by atoms with Crippen molar-refractivity contribution in [3.63, 3.8) is 0 Å². The number of hydrogen-bond donors (Lipinski definition) is 4. The fourth-order valence-electron chi connectivity index (χ4n) is 14.2. The molecule has 4 bridgehead atoms. The van der Waals surface area contributed by atoms with Crippen molar-refractivity contribution in [3.05, 3.63) is 87.4 Å². The predicted octanol–water partition coefficient (Wildman–Crippen LogP) is 5.49. The number of ether oxygens (including phenoxy) is 8. The minimum Gasteiger partial charge on any atom is -0.857 e. The van der Waals surface area contributed by atoms with Crippen LogP contribution in [0.25, 0.3) is 0 Å². The Morgan fingerprint density at radius 2 is 0.966 bits per heavy atom. The molecule has 25 heteroatoms. The van der Waals surface area contributed by atoms with E-state index in [1.54, 1.807) is 59.8 Å². The molecule has 2 aliphatic heterocycles. The molecule has 5 N–H and O–H groups in total. The minimum absolute atomic E-state index is 0. The van der Waals surface area contributed by atoms with Crippen molar-refractivity contribution in [2.24, 2.45) is 39.2 Å². The molecular formula is C64H94BrKN6O15S2. The van der Waals surface area contributed by atoms with Crippen molar-refractivity contribution in [1.82, 2.24) is 19.2 Å². The molecule has 6 atom stereocenters. The summed E-state index contributed by atoms with van der Waals surface area (Å²) in [7, 11) is 2.50. The summed E-state index contributed by atoms with van der Waals surface area (Å²) in [5.74, 6) is 4.07. The van der Waals surface area contributed by atoms with Crippen LogP contribution in [-0.2, 0) is 42.6 Å². The number of rotatable bonds is 18. The van der Waals surface area contributed by atoms with Gasteiger partial charge in [-0.15, -0.1) is 0 Å². The van der Waals surface area contributed by atoms with Crippen molar-refractivity contribution < 1.29 is 121 Å². The Morgan fingerprint density at radius 3 is 1.33 bits per heavy atom. The topological polar surface area (TPSA) is 268 Å². The second-order valence-electron chi connectivity index (χ2n) is 24.7. The van der Waals surface area contributed by atoms with Crippen molar-refractivity contribution in [3.8, 4) is 34.5 Å². The molecule has 4 saturated carbocycles. The van der Waals surface area contributed by atoms with Gasteiger partial charge >= 0.3 is 51.4 Å². The standard InChI is InChI=1S/C31H43N3O7S.C21H29BrN2O4S.C10H15NO3.CH3O.CH4.K/c1-30(2)22-9-10-31(3,18-22)29(30)33-28(35)21-7-8-23(26(17-21)42(36,37)34-11-13-41-14-12-34)32-19-20-15-24(38-4)27(40-6)25(16-20)39-5;1-20(2)15-6-7-21(3,13-15)19(20)23-18(25)14-4-5-16(22)17(12-14)29(26,27)24-8-10-28-11-9-24;1-12-8-4-7(6-11)5-9(13-2)10(8)14-3;1-2;;/h7-8,15-17,22,29,32H,9-14,18-19H2,1-6H3,(H,33,35);4-5,12,15,19H,6-11,13H2,1-3H3,(H,23,25);4-5H,6,11H2,1-3H3;1H3;1H4;/q;;;-1;;+1/t22-,29?,31+;15-,19?,21+;;;;/m11..../s1. The molecule has 6 aliphatic rings. The number of carbonyl (C=O) groups excluding carboxylic acids is 2. The van der Waals surface area contributed by atoms with Gasteiger partial charge in [-0.1, -0.05) is 49.0 Å². The van der Waals surface area contributed by atoms with Crippen LogP contribution in [0.15, 0.2) is 74.9 Å². The van der Waals surface area contributed by atoms with Gasteiger partial charge in [0, 0.05) is 67.0 Å². The first-order valence-corrected chi connectivity index (χ1v) is 33.1. The Hall–Kier alpha value is -3.80. The molecule has 2 amide bonds. The van der Waals surface area contributed by atoms with Gasteiger partial charge < -0.3 is 64.7 Å². The van der Waals surface area contributed by atoms with E-state index >= 15 is 0 Å². The summed E-state index contributed by atoms with van der Waals surface area (Å²) in [5, 5.41) is 18.1. The van der Waals surface area contributed by atoms with Crippen LogP contribution in [0.1, 0.15) is 119 Å². The van der Waals surface area contributed by atoms with Gasteiger partial charge in [-0.2, -0.15) is 15.7 Å². The molecular weight excluding hydrogens is 1280 g/mol. The predicted molar refractivity (Wildman–Crippen MR) is 341 cm³/mol. The van der Waals surface area contributed by atoms with Gasteiger partial charge in [0.15, 0.2) is 23.0 Å². The summed E-state index contributed by atoms with van der Waals surface area (Å²) < 4.78 is 99.9. The van der Waals surface area contributed by atoms with E-state index < -0.39 is 20.0 Å². The van der Waals surface area contributed by atoms with Crippen molar-refractivity contribution in [2.45, 2.75) is 122 Å². The molecule has 4 aromatic rings. The van der Waals surface area contributed by atoms with Crippen molar-refractivity contribution >= 4 is 53.5 Å². The largest absolute Gasteiger partial charge is 1.00 e. The van der Waals surface area contributed by atoms with Crippen molar-refractivity contribution in [2.75, 3.05) is 108 Å². The van der Waals surface area contributed by atoms with E-state index in [0.717, 1.165) is 43.9 Å². The summed E-state index contributed by atoms with van der Waals surface area (Å²) in [6.45, 7) is 16.8. The van der Waals surface area contributed by atoms with Gasteiger partial charge in [-0.3, -0.25) is 9.59 Å². The fourth-order valence-corrected chi connectivity index (χ4v) is 18.1. The molecule has 2 unspecified atom stereocenters. The maximum absolute atomic E-state index is 13.9. The Labute approximate surface area is 579 Å². The molecule has 4 aromatic carbocycles. The van der Waals surface area contributed by atoms with Crippen LogP contribution in [0.3, 0.4) is 0 Å². The zero-order chi connectivity index (χ0) is 63.9. The third kappa shape index (κ3) is 16.2. The summed E-state index contributed by atoms with van der Waals surface area (Å²) in [6, 6.07) is 17.1. The molecule has 0 aromatic heterocycles. The molecule has 2 saturated heterocycles. The van der Waals surface area contributed by atoms with Crippen LogP contribution in [0.4, 0.5) is 5.69 Å². The molecule has 490 valence electrons. The first-order valence-electron chi connectivity index (χ1n) is 29.4. The zero-order valence-electron chi connectivity index (χ0n) is 53.7. The number of methoxy groups -OCH3 is 6. The van der Waals surface area contributed by atoms with E-state index in [1.165, 1.54) is 40.7 Å². The van der Waals surface area contributed by atoms with Gasteiger partial charge in [0.05, 0.1) is 79.7 Å². The number of nitrogens with zero attached hydrogens (tertiary/aromatic N) is 2. The summed E-state index contributed by atoms with van der Waals surface area (Å²) in [6.07, 6.45) is 6.86. The Balaban J connectivity index is 0.000000265. The van der Waals surface area contributed by atoms with Gasteiger partial charge in [0.1, 0.15) is 4.90 Å². The zero-order valence-corrected chi connectivity index (χ0v) is 60.0. The Bertz CT molecular complexity index is 3250. The van der Waals surface area contributed by atoms with Gasteiger partial charge in [-0.05, 0) is 160 Å². The first-order chi connectivity index (χ1) is 41.3. The Morgan fingerprint density at radius 1 is 0.596 bits per heavy atom. The van der Waals surface area contributed by atoms with E-state index in [1.807, 2.05) is 24.3 Å². The van der Waals surface area contributed by atoms with Crippen LogP contribution < -0.4 is 107 Å². The number of anilines is 1.